The number of aromatic hydroxyl groups is 1. The van der Waals surface area contributed by atoms with Crippen LogP contribution in [0.4, 0.5) is 0 Å². The van der Waals surface area contributed by atoms with E-state index in [1.165, 1.54) is 18.4 Å². The molecule has 1 N–H and O–H groups in total. The first-order valence-corrected chi connectivity index (χ1v) is 6.33. The molecule has 0 aliphatic rings. The van der Waals surface area contributed by atoms with Gasteiger partial charge in [0.25, 0.3) is 0 Å². The molecular weight excluding hydrogens is 196 g/mol. The number of phenolic OH excluding ortho intramolecular Hbond substituents is 1. The lowest BCUT2D eigenvalue weighted by molar-refractivity contribution is 0.336. The summed E-state index contributed by atoms with van der Waals surface area (Å²) in [6.45, 7) is 9.19. The van der Waals surface area contributed by atoms with Crippen LogP contribution in [0.15, 0.2) is 24.3 Å². The fourth-order valence-electron chi connectivity index (χ4n) is 2.13. The van der Waals surface area contributed by atoms with Crippen LogP contribution in [0.25, 0.3) is 0 Å². The molecule has 0 spiro atoms. The molecule has 0 aliphatic heterocycles. The zero-order valence-corrected chi connectivity index (χ0v) is 10.9. The van der Waals surface area contributed by atoms with Gasteiger partial charge >= 0.3 is 0 Å². The summed E-state index contributed by atoms with van der Waals surface area (Å²) >= 11 is 0. The number of hydrogen-bond acceptors (Lipinski definition) is 1. The highest BCUT2D eigenvalue weighted by Gasteiger charge is 2.15. The second-order valence-corrected chi connectivity index (χ2v) is 5.09. The Labute approximate surface area is 99.5 Å². The molecule has 1 rings (SSSR count). The van der Waals surface area contributed by atoms with Gasteiger partial charge in [-0.15, -0.1) is 0 Å². The van der Waals surface area contributed by atoms with E-state index in [0.717, 1.165) is 11.8 Å². The first kappa shape index (κ1) is 13.1. The van der Waals surface area contributed by atoms with Crippen LogP contribution in [0.3, 0.4) is 0 Å². The third-order valence-corrected chi connectivity index (χ3v) is 3.80. The highest BCUT2D eigenvalue weighted by molar-refractivity contribution is 5.27. The highest BCUT2D eigenvalue weighted by atomic mass is 16.3. The molecule has 3 unspecified atom stereocenters. The van der Waals surface area contributed by atoms with Crippen LogP contribution in [0.5, 0.6) is 5.75 Å². The molecule has 0 saturated heterocycles. The fourth-order valence-corrected chi connectivity index (χ4v) is 2.13. The van der Waals surface area contributed by atoms with E-state index >= 15 is 0 Å². The molecule has 1 aromatic rings. The molecule has 0 bridgehead atoms. The lowest BCUT2D eigenvalue weighted by Gasteiger charge is -2.22. The molecule has 0 radical (unpaired) electrons. The third-order valence-electron chi connectivity index (χ3n) is 3.80. The van der Waals surface area contributed by atoms with Crippen LogP contribution in [-0.4, -0.2) is 5.11 Å². The summed E-state index contributed by atoms with van der Waals surface area (Å²) < 4.78 is 0. The van der Waals surface area contributed by atoms with Crippen molar-refractivity contribution in [3.63, 3.8) is 0 Å². The summed E-state index contributed by atoms with van der Waals surface area (Å²) in [7, 11) is 0. The zero-order chi connectivity index (χ0) is 12.1. The molecule has 0 heterocycles. The van der Waals surface area contributed by atoms with Crippen molar-refractivity contribution >= 4 is 0 Å². The second kappa shape index (κ2) is 5.93. The Kier molecular flexibility index (Phi) is 4.85. The molecule has 1 aromatic carbocycles. The molecule has 0 aromatic heterocycles. The molecule has 0 amide bonds. The monoisotopic (exact) mass is 220 g/mol. The van der Waals surface area contributed by atoms with Crippen molar-refractivity contribution in [2.75, 3.05) is 0 Å². The van der Waals surface area contributed by atoms with E-state index in [4.69, 9.17) is 0 Å². The minimum Gasteiger partial charge on any atom is -0.508 e. The SMILES string of the molecule is CCC(C)C(C)CC(C)c1ccc(O)cc1. The normalized spacial score (nSPS) is 16.8. The first-order chi connectivity index (χ1) is 7.54. The van der Waals surface area contributed by atoms with Crippen LogP contribution in [0, 0.1) is 11.8 Å². The number of hydrogen-bond donors (Lipinski definition) is 1. The maximum absolute atomic E-state index is 9.25. The van der Waals surface area contributed by atoms with E-state index in [1.54, 1.807) is 12.1 Å². The van der Waals surface area contributed by atoms with Gasteiger partial charge < -0.3 is 5.11 Å². The van der Waals surface area contributed by atoms with Gasteiger partial charge in [-0.2, -0.15) is 0 Å². The predicted octanol–water partition coefficient (Wildman–Crippen LogP) is 4.57. The Morgan fingerprint density at radius 2 is 1.56 bits per heavy atom. The Hall–Kier alpha value is -0.980. The summed E-state index contributed by atoms with van der Waals surface area (Å²) in [5, 5.41) is 9.25. The molecule has 16 heavy (non-hydrogen) atoms. The Bertz CT molecular complexity index is 302. The van der Waals surface area contributed by atoms with Gasteiger partial charge in [0.1, 0.15) is 5.75 Å². The maximum Gasteiger partial charge on any atom is 0.115 e. The average molecular weight is 220 g/mol. The fraction of sp³-hybridized carbons (Fsp3) is 0.600. The largest absolute Gasteiger partial charge is 0.508 e. The zero-order valence-electron chi connectivity index (χ0n) is 10.9. The summed E-state index contributed by atoms with van der Waals surface area (Å²) in [5.74, 6) is 2.48. The van der Waals surface area contributed by atoms with Crippen LogP contribution >= 0.6 is 0 Å². The van der Waals surface area contributed by atoms with Crippen LogP contribution < -0.4 is 0 Å². The number of benzene rings is 1. The van der Waals surface area contributed by atoms with Gasteiger partial charge in [-0.3, -0.25) is 0 Å². The minimum absolute atomic E-state index is 0.353. The molecule has 1 heteroatoms. The summed E-state index contributed by atoms with van der Waals surface area (Å²) in [6.07, 6.45) is 2.48. The predicted molar refractivity (Wildman–Crippen MR) is 69.8 cm³/mol. The van der Waals surface area contributed by atoms with E-state index in [9.17, 15) is 5.11 Å². The van der Waals surface area contributed by atoms with Gasteiger partial charge in [-0.1, -0.05) is 46.2 Å². The minimum atomic E-state index is 0.353. The number of phenols is 1. The van der Waals surface area contributed by atoms with Crippen molar-refractivity contribution in [1.29, 1.82) is 0 Å². The van der Waals surface area contributed by atoms with Crippen LogP contribution in [0.2, 0.25) is 0 Å². The van der Waals surface area contributed by atoms with E-state index in [-0.39, 0.29) is 0 Å². The van der Waals surface area contributed by atoms with E-state index in [1.807, 2.05) is 12.1 Å². The third kappa shape index (κ3) is 3.55. The molecule has 90 valence electrons. The standard InChI is InChI=1S/C15H24O/c1-5-11(2)12(3)10-13(4)14-6-8-15(16)9-7-14/h6-9,11-13,16H,5,10H2,1-4H3. The van der Waals surface area contributed by atoms with Gasteiger partial charge in [0, 0.05) is 0 Å². The summed E-state index contributed by atoms with van der Waals surface area (Å²) in [4.78, 5) is 0. The molecule has 0 fully saturated rings. The van der Waals surface area contributed by atoms with Crippen molar-refractivity contribution < 1.29 is 5.11 Å². The lowest BCUT2D eigenvalue weighted by Crippen LogP contribution is -2.10. The van der Waals surface area contributed by atoms with Crippen molar-refractivity contribution in [1.82, 2.24) is 0 Å². The quantitative estimate of drug-likeness (QED) is 0.770. The summed E-state index contributed by atoms with van der Waals surface area (Å²) in [5.41, 5.74) is 1.33. The Morgan fingerprint density at radius 1 is 1.00 bits per heavy atom. The number of rotatable bonds is 5. The Morgan fingerprint density at radius 3 is 2.06 bits per heavy atom. The molecule has 0 aliphatic carbocycles. The van der Waals surface area contributed by atoms with Crippen LogP contribution in [-0.2, 0) is 0 Å². The van der Waals surface area contributed by atoms with Crippen molar-refractivity contribution in [3.8, 4) is 5.75 Å². The molecular formula is C15H24O. The summed E-state index contributed by atoms with van der Waals surface area (Å²) in [6, 6.07) is 7.62. The van der Waals surface area contributed by atoms with Gasteiger partial charge in [-0.05, 0) is 41.9 Å². The second-order valence-electron chi connectivity index (χ2n) is 5.09. The van der Waals surface area contributed by atoms with Gasteiger partial charge in [0.2, 0.25) is 0 Å². The van der Waals surface area contributed by atoms with Crippen molar-refractivity contribution in [2.45, 2.75) is 46.5 Å². The molecule has 0 saturated carbocycles. The lowest BCUT2D eigenvalue weighted by atomic mass is 9.83. The van der Waals surface area contributed by atoms with Gasteiger partial charge in [0.05, 0.1) is 0 Å². The van der Waals surface area contributed by atoms with Gasteiger partial charge in [-0.25, -0.2) is 0 Å². The van der Waals surface area contributed by atoms with Crippen LogP contribution in [0.1, 0.15) is 52.0 Å². The highest BCUT2D eigenvalue weighted by Crippen LogP contribution is 2.29. The van der Waals surface area contributed by atoms with Gasteiger partial charge in [0.15, 0.2) is 0 Å². The van der Waals surface area contributed by atoms with E-state index < -0.39 is 0 Å². The maximum atomic E-state index is 9.25. The Balaban J connectivity index is 2.58. The topological polar surface area (TPSA) is 20.2 Å². The molecule has 3 atom stereocenters. The smallest absolute Gasteiger partial charge is 0.115 e. The van der Waals surface area contributed by atoms with E-state index in [0.29, 0.717) is 11.7 Å². The van der Waals surface area contributed by atoms with Crippen molar-refractivity contribution in [2.24, 2.45) is 11.8 Å². The average Bonchev–Trinajstić information content (AvgIpc) is 2.28. The molecule has 1 nitrogen and oxygen atoms in total. The van der Waals surface area contributed by atoms with E-state index in [2.05, 4.69) is 27.7 Å². The van der Waals surface area contributed by atoms with Crippen molar-refractivity contribution in [3.05, 3.63) is 29.8 Å². The first-order valence-electron chi connectivity index (χ1n) is 6.33.